The van der Waals surface area contributed by atoms with Gasteiger partial charge in [0.05, 0.1) is 25.0 Å². The fourth-order valence-corrected chi connectivity index (χ4v) is 2.94. The Morgan fingerprint density at radius 2 is 1.85 bits per heavy atom. The molecule has 4 heteroatoms. The lowest BCUT2D eigenvalue weighted by molar-refractivity contribution is 0.293. The second-order valence-electron chi connectivity index (χ2n) is 5.49. The van der Waals surface area contributed by atoms with E-state index in [1.165, 1.54) is 31.4 Å². The van der Waals surface area contributed by atoms with Crippen molar-refractivity contribution in [3.8, 4) is 5.75 Å². The van der Waals surface area contributed by atoms with E-state index < -0.39 is 0 Å². The fourth-order valence-electron chi connectivity index (χ4n) is 2.94. The minimum absolute atomic E-state index is 0.331. The summed E-state index contributed by atoms with van der Waals surface area (Å²) in [5, 5.41) is 8.09. The highest BCUT2D eigenvalue weighted by molar-refractivity contribution is 5.28. The average Bonchev–Trinajstić information content (AvgIpc) is 2.81. The van der Waals surface area contributed by atoms with E-state index in [1.807, 2.05) is 17.9 Å². The summed E-state index contributed by atoms with van der Waals surface area (Å²) in [5.41, 5.74) is 1.19. The molecule has 0 fully saturated rings. The molecule has 0 saturated heterocycles. The number of hydrogen-bond acceptors (Lipinski definition) is 3. The number of aromatic nitrogens is 2. The molecule has 116 valence electrons. The number of nitrogens with zero attached hydrogens (tertiary/aromatic N) is 2. The number of ether oxygens (including phenoxy) is 1. The molecular formula is C16H31N3O. The highest BCUT2D eigenvalue weighted by atomic mass is 16.5. The van der Waals surface area contributed by atoms with Gasteiger partial charge in [-0.25, -0.2) is 0 Å². The van der Waals surface area contributed by atoms with E-state index in [9.17, 15) is 0 Å². The van der Waals surface area contributed by atoms with Gasteiger partial charge in [-0.1, -0.05) is 33.6 Å². The van der Waals surface area contributed by atoms with Gasteiger partial charge in [-0.2, -0.15) is 5.10 Å². The maximum Gasteiger partial charge on any atom is 0.161 e. The molecule has 0 amide bonds. The van der Waals surface area contributed by atoms with Crippen LogP contribution in [-0.2, 0) is 7.05 Å². The van der Waals surface area contributed by atoms with Crippen molar-refractivity contribution in [2.24, 2.45) is 13.0 Å². The van der Waals surface area contributed by atoms with Gasteiger partial charge in [0, 0.05) is 7.05 Å². The molecule has 1 unspecified atom stereocenters. The second kappa shape index (κ2) is 9.01. The van der Waals surface area contributed by atoms with Gasteiger partial charge in [0.1, 0.15) is 0 Å². The zero-order valence-electron chi connectivity index (χ0n) is 13.8. The summed E-state index contributed by atoms with van der Waals surface area (Å²) >= 11 is 0. The van der Waals surface area contributed by atoms with Gasteiger partial charge in [-0.15, -0.1) is 0 Å². The van der Waals surface area contributed by atoms with Crippen LogP contribution in [0, 0.1) is 5.92 Å². The van der Waals surface area contributed by atoms with Crippen molar-refractivity contribution in [2.75, 3.05) is 13.7 Å². The summed E-state index contributed by atoms with van der Waals surface area (Å²) < 4.78 is 7.47. The molecule has 0 aliphatic carbocycles. The van der Waals surface area contributed by atoms with Gasteiger partial charge >= 0.3 is 0 Å². The van der Waals surface area contributed by atoms with E-state index in [0.29, 0.717) is 12.0 Å². The number of methoxy groups -OCH3 is 1. The minimum atomic E-state index is 0.331. The van der Waals surface area contributed by atoms with Gasteiger partial charge in [0.25, 0.3) is 0 Å². The Morgan fingerprint density at radius 3 is 2.35 bits per heavy atom. The van der Waals surface area contributed by atoms with Gasteiger partial charge in [0.15, 0.2) is 5.75 Å². The second-order valence-corrected chi connectivity index (χ2v) is 5.49. The highest BCUT2D eigenvalue weighted by Gasteiger charge is 2.27. The van der Waals surface area contributed by atoms with Crippen molar-refractivity contribution in [3.05, 3.63) is 11.9 Å². The number of rotatable bonds is 10. The van der Waals surface area contributed by atoms with Crippen LogP contribution in [0.3, 0.4) is 0 Å². The largest absolute Gasteiger partial charge is 0.493 e. The van der Waals surface area contributed by atoms with Gasteiger partial charge in [-0.3, -0.25) is 4.68 Å². The van der Waals surface area contributed by atoms with Crippen molar-refractivity contribution in [1.29, 1.82) is 0 Å². The maximum absolute atomic E-state index is 5.51. The Kier molecular flexibility index (Phi) is 7.67. The summed E-state index contributed by atoms with van der Waals surface area (Å²) in [5.74, 6) is 1.54. The Morgan fingerprint density at radius 1 is 1.20 bits per heavy atom. The first-order chi connectivity index (χ1) is 9.69. The van der Waals surface area contributed by atoms with E-state index in [4.69, 9.17) is 4.74 Å². The molecule has 4 nitrogen and oxygen atoms in total. The van der Waals surface area contributed by atoms with Crippen molar-refractivity contribution in [3.63, 3.8) is 0 Å². The first-order valence-corrected chi connectivity index (χ1v) is 7.98. The SMILES string of the molecule is CCCNC(c1c(OC)cnn1C)C(CCC)CCC. The average molecular weight is 281 g/mol. The van der Waals surface area contributed by atoms with E-state index >= 15 is 0 Å². The van der Waals surface area contributed by atoms with Gasteiger partial charge < -0.3 is 10.1 Å². The van der Waals surface area contributed by atoms with Crippen molar-refractivity contribution in [2.45, 2.75) is 58.9 Å². The lowest BCUT2D eigenvalue weighted by Crippen LogP contribution is -2.31. The zero-order valence-corrected chi connectivity index (χ0v) is 13.8. The van der Waals surface area contributed by atoms with Gasteiger partial charge in [-0.05, 0) is 31.7 Å². The first kappa shape index (κ1) is 17.0. The van der Waals surface area contributed by atoms with Crippen LogP contribution in [0.2, 0.25) is 0 Å². The van der Waals surface area contributed by atoms with Crippen LogP contribution in [0.5, 0.6) is 5.75 Å². The molecule has 0 aromatic carbocycles. The van der Waals surface area contributed by atoms with Crippen LogP contribution < -0.4 is 10.1 Å². The summed E-state index contributed by atoms with van der Waals surface area (Å²) in [6, 6.07) is 0.331. The molecule has 0 radical (unpaired) electrons. The monoisotopic (exact) mass is 281 g/mol. The van der Waals surface area contributed by atoms with Crippen LogP contribution in [0.1, 0.15) is 64.6 Å². The number of nitrogens with one attached hydrogen (secondary N) is 1. The fraction of sp³-hybridized carbons (Fsp3) is 0.812. The van der Waals surface area contributed by atoms with Crippen molar-refractivity contribution < 1.29 is 4.74 Å². The Balaban J connectivity index is 3.04. The molecule has 1 atom stereocenters. The van der Waals surface area contributed by atoms with Crippen LogP contribution in [0.15, 0.2) is 6.20 Å². The molecule has 0 aliphatic rings. The third-order valence-electron chi connectivity index (χ3n) is 3.87. The Hall–Kier alpha value is -1.03. The third kappa shape index (κ3) is 4.23. The summed E-state index contributed by atoms with van der Waals surface area (Å²) in [6.45, 7) is 7.77. The highest BCUT2D eigenvalue weighted by Crippen LogP contribution is 2.34. The maximum atomic E-state index is 5.51. The third-order valence-corrected chi connectivity index (χ3v) is 3.87. The molecular weight excluding hydrogens is 250 g/mol. The number of aryl methyl sites for hydroxylation is 1. The quantitative estimate of drug-likeness (QED) is 0.711. The molecule has 1 rings (SSSR count). The summed E-state index contributed by atoms with van der Waals surface area (Å²) in [6.07, 6.45) is 7.88. The molecule has 0 spiro atoms. The van der Waals surface area contributed by atoms with Crippen LogP contribution in [0.25, 0.3) is 0 Å². The Labute approximate surface area is 123 Å². The Bertz CT molecular complexity index is 370. The predicted octanol–water partition coefficient (Wildman–Crippen LogP) is 3.69. The lowest BCUT2D eigenvalue weighted by atomic mass is 9.88. The topological polar surface area (TPSA) is 39.1 Å². The zero-order chi connectivity index (χ0) is 15.0. The van der Waals surface area contributed by atoms with E-state index in [2.05, 4.69) is 31.2 Å². The number of hydrogen-bond donors (Lipinski definition) is 1. The van der Waals surface area contributed by atoms with Crippen molar-refractivity contribution in [1.82, 2.24) is 15.1 Å². The van der Waals surface area contributed by atoms with Crippen LogP contribution in [-0.4, -0.2) is 23.4 Å². The minimum Gasteiger partial charge on any atom is -0.493 e. The smallest absolute Gasteiger partial charge is 0.161 e. The van der Waals surface area contributed by atoms with Crippen LogP contribution in [0.4, 0.5) is 0 Å². The molecule has 0 aliphatic heterocycles. The standard InChI is InChI=1S/C16H31N3O/c1-6-9-13(10-7-2)15(17-11-8-3)16-14(20-5)12-18-19(16)4/h12-13,15,17H,6-11H2,1-5H3. The summed E-state index contributed by atoms with van der Waals surface area (Å²) in [7, 11) is 3.74. The normalized spacial score (nSPS) is 12.9. The van der Waals surface area contributed by atoms with E-state index in [1.54, 1.807) is 7.11 Å². The van der Waals surface area contributed by atoms with E-state index in [-0.39, 0.29) is 0 Å². The molecule has 0 saturated carbocycles. The van der Waals surface area contributed by atoms with Gasteiger partial charge in [0.2, 0.25) is 0 Å². The molecule has 1 aromatic heterocycles. The molecule has 20 heavy (non-hydrogen) atoms. The lowest BCUT2D eigenvalue weighted by Gasteiger charge is -2.28. The van der Waals surface area contributed by atoms with E-state index in [0.717, 1.165) is 18.7 Å². The predicted molar refractivity (Wildman–Crippen MR) is 84.1 cm³/mol. The summed E-state index contributed by atoms with van der Waals surface area (Å²) in [4.78, 5) is 0. The molecule has 1 N–H and O–H groups in total. The van der Waals surface area contributed by atoms with Crippen molar-refractivity contribution >= 4 is 0 Å². The molecule has 0 bridgehead atoms. The molecule has 1 aromatic rings. The first-order valence-electron chi connectivity index (χ1n) is 7.98. The molecule has 1 heterocycles. The van der Waals surface area contributed by atoms with Crippen LogP contribution >= 0.6 is 0 Å².